The van der Waals surface area contributed by atoms with Gasteiger partial charge in [0.1, 0.15) is 6.23 Å². The van der Waals surface area contributed by atoms with Gasteiger partial charge in [-0.2, -0.15) is 0 Å². The van der Waals surface area contributed by atoms with Crippen LogP contribution in [-0.4, -0.2) is 41.8 Å². The van der Waals surface area contributed by atoms with Gasteiger partial charge in [0.25, 0.3) is 5.69 Å². The van der Waals surface area contributed by atoms with Crippen molar-refractivity contribution in [3.05, 3.63) is 51.7 Å². The van der Waals surface area contributed by atoms with Crippen LogP contribution < -0.4 is 0 Å². The maximum Gasteiger partial charge on any atom is 0.336 e. The standard InChI is InChI=1S/C17H20N2O5/c1-2-23-17(20)15-11-18-8-3-9-24-16(18)10-14(15)12-4-6-13(7-5-12)19(21)22/h4-7,11,14,16H,2-3,8-10H2,1H3. The van der Waals surface area contributed by atoms with Crippen LogP contribution in [0.3, 0.4) is 0 Å². The summed E-state index contributed by atoms with van der Waals surface area (Å²) in [7, 11) is 0. The summed E-state index contributed by atoms with van der Waals surface area (Å²) in [5.74, 6) is -0.533. The van der Waals surface area contributed by atoms with E-state index >= 15 is 0 Å². The summed E-state index contributed by atoms with van der Waals surface area (Å²) in [5.41, 5.74) is 1.47. The number of nitro benzene ring substituents is 1. The molecule has 2 atom stereocenters. The van der Waals surface area contributed by atoms with Crippen molar-refractivity contribution in [2.24, 2.45) is 0 Å². The average molecular weight is 332 g/mol. The van der Waals surface area contributed by atoms with Crippen LogP contribution >= 0.6 is 0 Å². The molecule has 2 heterocycles. The second-order valence-electron chi connectivity index (χ2n) is 5.86. The van der Waals surface area contributed by atoms with E-state index in [1.807, 2.05) is 11.1 Å². The molecule has 3 rings (SSSR count). The van der Waals surface area contributed by atoms with E-state index in [2.05, 4.69) is 0 Å². The Morgan fingerprint density at radius 1 is 1.42 bits per heavy atom. The summed E-state index contributed by atoms with van der Waals surface area (Å²) in [6.45, 7) is 3.63. The Labute approximate surface area is 140 Å². The highest BCUT2D eigenvalue weighted by atomic mass is 16.6. The number of rotatable bonds is 4. The molecule has 1 aromatic rings. The average Bonchev–Trinajstić information content (AvgIpc) is 2.61. The monoisotopic (exact) mass is 332 g/mol. The van der Waals surface area contributed by atoms with Gasteiger partial charge >= 0.3 is 5.97 Å². The van der Waals surface area contributed by atoms with E-state index in [0.717, 1.165) is 18.5 Å². The minimum atomic E-state index is -0.432. The number of nitrogens with zero attached hydrogens (tertiary/aromatic N) is 2. The number of carbonyl (C=O) groups is 1. The molecule has 0 amide bonds. The molecule has 2 aliphatic rings. The molecule has 0 spiro atoms. The lowest BCUT2D eigenvalue weighted by atomic mass is 9.85. The van der Waals surface area contributed by atoms with Crippen molar-refractivity contribution < 1.29 is 19.2 Å². The van der Waals surface area contributed by atoms with Crippen molar-refractivity contribution in [1.82, 2.24) is 4.90 Å². The highest BCUT2D eigenvalue weighted by Gasteiger charge is 2.36. The van der Waals surface area contributed by atoms with Crippen LogP contribution in [0.5, 0.6) is 0 Å². The summed E-state index contributed by atoms with van der Waals surface area (Å²) in [6, 6.07) is 6.33. The van der Waals surface area contributed by atoms with Crippen LogP contribution in [0.15, 0.2) is 36.0 Å². The van der Waals surface area contributed by atoms with Gasteiger partial charge in [0.15, 0.2) is 0 Å². The predicted molar refractivity (Wildman–Crippen MR) is 86.2 cm³/mol. The van der Waals surface area contributed by atoms with E-state index < -0.39 is 4.92 Å². The summed E-state index contributed by atoms with van der Waals surface area (Å²) in [5, 5.41) is 10.8. The topological polar surface area (TPSA) is 81.9 Å². The van der Waals surface area contributed by atoms with Gasteiger partial charge in [0, 0.05) is 37.2 Å². The fourth-order valence-corrected chi connectivity index (χ4v) is 3.21. The van der Waals surface area contributed by atoms with Gasteiger partial charge in [0.2, 0.25) is 0 Å². The molecule has 7 heteroatoms. The Bertz CT molecular complexity index is 655. The third-order valence-corrected chi connectivity index (χ3v) is 4.38. The minimum absolute atomic E-state index is 0.0340. The zero-order valence-corrected chi connectivity index (χ0v) is 13.5. The Morgan fingerprint density at radius 2 is 2.17 bits per heavy atom. The maximum atomic E-state index is 12.4. The molecule has 0 saturated carbocycles. The van der Waals surface area contributed by atoms with E-state index in [1.54, 1.807) is 19.1 Å². The van der Waals surface area contributed by atoms with E-state index in [9.17, 15) is 14.9 Å². The van der Waals surface area contributed by atoms with Crippen molar-refractivity contribution in [1.29, 1.82) is 0 Å². The zero-order chi connectivity index (χ0) is 17.1. The van der Waals surface area contributed by atoms with E-state index in [1.165, 1.54) is 12.1 Å². The van der Waals surface area contributed by atoms with Crippen molar-refractivity contribution in [3.63, 3.8) is 0 Å². The van der Waals surface area contributed by atoms with Crippen LogP contribution in [-0.2, 0) is 14.3 Å². The predicted octanol–water partition coefficient (Wildman–Crippen LogP) is 2.58. The second-order valence-corrected chi connectivity index (χ2v) is 5.86. The van der Waals surface area contributed by atoms with Crippen LogP contribution in [0.1, 0.15) is 31.2 Å². The number of esters is 1. The third-order valence-electron chi connectivity index (χ3n) is 4.38. The molecular formula is C17H20N2O5. The van der Waals surface area contributed by atoms with Crippen LogP contribution in [0.25, 0.3) is 0 Å². The molecule has 1 aromatic carbocycles. The van der Waals surface area contributed by atoms with Crippen LogP contribution in [0, 0.1) is 10.1 Å². The fraction of sp³-hybridized carbons (Fsp3) is 0.471. The SMILES string of the molecule is CCOC(=O)C1=CN2CCCOC2CC1c1ccc([N+](=O)[O-])cc1. The Hall–Kier alpha value is -2.41. The van der Waals surface area contributed by atoms with E-state index in [4.69, 9.17) is 9.47 Å². The molecule has 0 aliphatic carbocycles. The number of nitro groups is 1. The van der Waals surface area contributed by atoms with Crippen LogP contribution in [0.2, 0.25) is 0 Å². The number of carbonyl (C=O) groups excluding carboxylic acids is 1. The van der Waals surface area contributed by atoms with Gasteiger partial charge in [-0.25, -0.2) is 4.79 Å². The molecular weight excluding hydrogens is 312 g/mol. The molecule has 1 saturated heterocycles. The van der Waals surface area contributed by atoms with Crippen molar-refractivity contribution in [2.45, 2.75) is 31.9 Å². The maximum absolute atomic E-state index is 12.4. The molecule has 1 fully saturated rings. The summed E-state index contributed by atoms with van der Waals surface area (Å²) >= 11 is 0. The molecule has 128 valence electrons. The lowest BCUT2D eigenvalue weighted by molar-refractivity contribution is -0.384. The van der Waals surface area contributed by atoms with Gasteiger partial charge in [-0.15, -0.1) is 0 Å². The fourth-order valence-electron chi connectivity index (χ4n) is 3.21. The highest BCUT2D eigenvalue weighted by molar-refractivity contribution is 5.90. The number of hydrogen-bond acceptors (Lipinski definition) is 6. The van der Waals surface area contributed by atoms with Gasteiger partial charge in [-0.1, -0.05) is 12.1 Å². The number of hydrogen-bond donors (Lipinski definition) is 0. The first-order valence-electron chi connectivity index (χ1n) is 8.10. The zero-order valence-electron chi connectivity index (χ0n) is 13.5. The number of non-ortho nitro benzene ring substituents is 1. The summed E-state index contributed by atoms with van der Waals surface area (Å²) in [4.78, 5) is 24.8. The lowest BCUT2D eigenvalue weighted by Gasteiger charge is -2.41. The molecule has 2 unspecified atom stereocenters. The molecule has 0 radical (unpaired) electrons. The first kappa shape index (κ1) is 16.4. The third kappa shape index (κ3) is 3.26. The molecule has 0 bridgehead atoms. The Kier molecular flexibility index (Phi) is 4.80. The molecule has 0 aromatic heterocycles. The first-order chi connectivity index (χ1) is 11.6. The quantitative estimate of drug-likeness (QED) is 0.479. The largest absolute Gasteiger partial charge is 0.463 e. The van der Waals surface area contributed by atoms with Gasteiger partial charge in [-0.05, 0) is 18.9 Å². The number of benzene rings is 1. The van der Waals surface area contributed by atoms with Crippen molar-refractivity contribution >= 4 is 11.7 Å². The number of fused-ring (bicyclic) bond motifs is 1. The molecule has 0 N–H and O–H groups in total. The van der Waals surface area contributed by atoms with Gasteiger partial charge in [-0.3, -0.25) is 10.1 Å². The highest BCUT2D eigenvalue weighted by Crippen LogP contribution is 2.37. The normalized spacial score (nSPS) is 23.2. The van der Waals surface area contributed by atoms with Crippen molar-refractivity contribution in [2.75, 3.05) is 19.8 Å². The van der Waals surface area contributed by atoms with E-state index in [-0.39, 0.29) is 23.8 Å². The first-order valence-corrected chi connectivity index (χ1v) is 8.10. The molecule has 24 heavy (non-hydrogen) atoms. The van der Waals surface area contributed by atoms with Gasteiger partial charge < -0.3 is 14.4 Å². The second kappa shape index (κ2) is 7.00. The van der Waals surface area contributed by atoms with Crippen LogP contribution in [0.4, 0.5) is 5.69 Å². The Balaban J connectivity index is 1.92. The van der Waals surface area contributed by atoms with Gasteiger partial charge in [0.05, 0.1) is 23.7 Å². The summed E-state index contributed by atoms with van der Waals surface area (Å²) < 4.78 is 11.0. The Morgan fingerprint density at radius 3 is 2.83 bits per heavy atom. The van der Waals surface area contributed by atoms with E-state index in [0.29, 0.717) is 25.2 Å². The molecule has 7 nitrogen and oxygen atoms in total. The molecule has 2 aliphatic heterocycles. The minimum Gasteiger partial charge on any atom is -0.463 e. The number of ether oxygens (including phenoxy) is 2. The lowest BCUT2D eigenvalue weighted by Crippen LogP contribution is -2.44. The smallest absolute Gasteiger partial charge is 0.336 e. The van der Waals surface area contributed by atoms with Crippen molar-refractivity contribution in [3.8, 4) is 0 Å². The summed E-state index contributed by atoms with van der Waals surface area (Å²) in [6.07, 6.45) is 3.31.